The zero-order valence-electron chi connectivity index (χ0n) is 7.94. The zero-order chi connectivity index (χ0) is 10.3. The van der Waals surface area contributed by atoms with Gasteiger partial charge in [0, 0.05) is 5.39 Å². The number of aliphatic hydroxyl groups excluding tert-OH is 1. The van der Waals surface area contributed by atoms with Crippen LogP contribution in [0.5, 0.6) is 0 Å². The largest absolute Gasteiger partial charge is 0.388 e. The maximum absolute atomic E-state index is 9.00. The molecule has 74 valence electrons. The molecule has 0 aliphatic rings. The van der Waals surface area contributed by atoms with Gasteiger partial charge in [0.2, 0.25) is 0 Å². The van der Waals surface area contributed by atoms with E-state index in [1.807, 2.05) is 24.3 Å². The molecule has 0 amide bonds. The Labute approximate surface area is 85.6 Å². The lowest BCUT2D eigenvalue weighted by molar-refractivity contribution is 0.273. The van der Waals surface area contributed by atoms with Gasteiger partial charge in [0.05, 0.1) is 22.7 Å². The number of aliphatic hydroxyl groups is 1. The van der Waals surface area contributed by atoms with Gasteiger partial charge >= 0.3 is 0 Å². The number of aromatic nitrogens is 3. The molecule has 0 radical (unpaired) electrons. The number of nitrogens with zero attached hydrogens (tertiary/aromatic N) is 2. The number of hydrogen-bond acceptors (Lipinski definition) is 3. The normalized spacial score (nSPS) is 11.3. The molecule has 2 heterocycles. The van der Waals surface area contributed by atoms with Crippen molar-refractivity contribution in [2.45, 2.75) is 6.61 Å². The second kappa shape index (κ2) is 3.03. The van der Waals surface area contributed by atoms with Crippen molar-refractivity contribution in [1.29, 1.82) is 0 Å². The lowest BCUT2D eigenvalue weighted by atomic mass is 10.2. The topological polar surface area (TPSA) is 61.8 Å². The maximum atomic E-state index is 9.00. The molecule has 2 aromatic heterocycles. The van der Waals surface area contributed by atoms with E-state index in [9.17, 15) is 0 Å². The van der Waals surface area contributed by atoms with Crippen molar-refractivity contribution >= 4 is 21.9 Å². The molecule has 2 N–H and O–H groups in total. The highest BCUT2D eigenvalue weighted by Crippen LogP contribution is 2.20. The first kappa shape index (κ1) is 8.38. The summed E-state index contributed by atoms with van der Waals surface area (Å²) in [6, 6.07) is 7.83. The van der Waals surface area contributed by atoms with Crippen LogP contribution in [-0.4, -0.2) is 20.1 Å². The predicted octanol–water partition coefficient (Wildman–Crippen LogP) is 1.60. The van der Waals surface area contributed by atoms with E-state index in [2.05, 4.69) is 15.0 Å². The summed E-state index contributed by atoms with van der Waals surface area (Å²) in [5.41, 5.74) is 2.64. The number of fused-ring (bicyclic) bond motifs is 3. The third-order valence-corrected chi connectivity index (χ3v) is 2.42. The van der Waals surface area contributed by atoms with E-state index >= 15 is 0 Å². The Morgan fingerprint density at radius 2 is 2.13 bits per heavy atom. The molecule has 0 atom stereocenters. The number of H-pyrrole nitrogens is 1. The molecule has 4 heteroatoms. The average Bonchev–Trinajstić information content (AvgIpc) is 2.72. The first-order valence-electron chi connectivity index (χ1n) is 4.71. The Balaban J connectivity index is 2.47. The second-order valence-electron chi connectivity index (χ2n) is 3.38. The van der Waals surface area contributed by atoms with Crippen molar-refractivity contribution in [1.82, 2.24) is 15.0 Å². The highest BCUT2D eigenvalue weighted by atomic mass is 16.3. The summed E-state index contributed by atoms with van der Waals surface area (Å²) in [5, 5.41) is 10.0. The minimum Gasteiger partial charge on any atom is -0.388 e. The summed E-state index contributed by atoms with van der Waals surface area (Å²) in [7, 11) is 0. The molecule has 3 rings (SSSR count). The van der Waals surface area contributed by atoms with Crippen LogP contribution in [0.1, 0.15) is 5.82 Å². The number of pyridine rings is 1. The molecule has 0 bridgehead atoms. The molecule has 0 aliphatic heterocycles. The van der Waals surface area contributed by atoms with Crippen LogP contribution in [-0.2, 0) is 6.61 Å². The summed E-state index contributed by atoms with van der Waals surface area (Å²) < 4.78 is 0. The molecular formula is C11H9N3O. The number of imidazole rings is 1. The van der Waals surface area contributed by atoms with Crippen LogP contribution in [0.25, 0.3) is 21.9 Å². The molecule has 0 fully saturated rings. The SMILES string of the molecule is OCc1nc2c(cnc3ccccc32)[nH]1. The molecule has 0 saturated heterocycles. The van der Waals surface area contributed by atoms with E-state index in [1.54, 1.807) is 6.20 Å². The van der Waals surface area contributed by atoms with Crippen molar-refractivity contribution in [3.63, 3.8) is 0 Å². The van der Waals surface area contributed by atoms with Gasteiger partial charge in [-0.3, -0.25) is 4.98 Å². The van der Waals surface area contributed by atoms with Gasteiger partial charge in [-0.25, -0.2) is 4.98 Å². The molecule has 0 aliphatic carbocycles. The maximum Gasteiger partial charge on any atom is 0.133 e. The van der Waals surface area contributed by atoms with Crippen LogP contribution >= 0.6 is 0 Å². The fraction of sp³-hybridized carbons (Fsp3) is 0.0909. The third kappa shape index (κ3) is 1.19. The van der Waals surface area contributed by atoms with E-state index in [1.165, 1.54) is 0 Å². The molecule has 0 saturated carbocycles. The number of nitrogens with one attached hydrogen (secondary N) is 1. The number of aromatic amines is 1. The quantitative estimate of drug-likeness (QED) is 0.625. The van der Waals surface area contributed by atoms with Gasteiger partial charge in [-0.05, 0) is 6.07 Å². The highest BCUT2D eigenvalue weighted by molar-refractivity contribution is 6.01. The number of rotatable bonds is 1. The van der Waals surface area contributed by atoms with Crippen molar-refractivity contribution in [2.75, 3.05) is 0 Å². The van der Waals surface area contributed by atoms with Crippen LogP contribution < -0.4 is 0 Å². The van der Waals surface area contributed by atoms with Gasteiger partial charge in [-0.2, -0.15) is 0 Å². The van der Waals surface area contributed by atoms with E-state index in [0.29, 0.717) is 5.82 Å². The molecular weight excluding hydrogens is 190 g/mol. The van der Waals surface area contributed by atoms with E-state index in [-0.39, 0.29) is 6.61 Å². The van der Waals surface area contributed by atoms with E-state index < -0.39 is 0 Å². The van der Waals surface area contributed by atoms with E-state index in [4.69, 9.17) is 5.11 Å². The van der Waals surface area contributed by atoms with Crippen LogP contribution in [0.3, 0.4) is 0 Å². The van der Waals surface area contributed by atoms with Gasteiger partial charge in [0.1, 0.15) is 12.4 Å². The van der Waals surface area contributed by atoms with Crippen molar-refractivity contribution in [3.8, 4) is 0 Å². The Morgan fingerprint density at radius 1 is 1.27 bits per heavy atom. The fourth-order valence-electron chi connectivity index (χ4n) is 1.73. The van der Waals surface area contributed by atoms with Gasteiger partial charge in [0.15, 0.2) is 0 Å². The van der Waals surface area contributed by atoms with Crippen molar-refractivity contribution in [3.05, 3.63) is 36.3 Å². The summed E-state index contributed by atoms with van der Waals surface area (Å²) in [6.07, 6.45) is 1.74. The van der Waals surface area contributed by atoms with Crippen molar-refractivity contribution in [2.24, 2.45) is 0 Å². The summed E-state index contributed by atoms with van der Waals surface area (Å²) in [4.78, 5) is 11.6. The molecule has 15 heavy (non-hydrogen) atoms. The Hall–Kier alpha value is -1.94. The summed E-state index contributed by atoms with van der Waals surface area (Å²) in [6.45, 7) is -0.0804. The third-order valence-electron chi connectivity index (χ3n) is 2.42. The minimum atomic E-state index is -0.0804. The standard InChI is InChI=1S/C11H9N3O/c15-6-10-13-9-5-12-8-4-2-1-3-7(8)11(9)14-10/h1-5,15H,6H2,(H,13,14). The molecule has 3 aromatic rings. The van der Waals surface area contributed by atoms with Gasteiger partial charge in [-0.1, -0.05) is 18.2 Å². The van der Waals surface area contributed by atoms with Crippen LogP contribution in [0.4, 0.5) is 0 Å². The fourth-order valence-corrected chi connectivity index (χ4v) is 1.73. The van der Waals surface area contributed by atoms with Crippen molar-refractivity contribution < 1.29 is 5.11 Å². The Kier molecular flexibility index (Phi) is 1.69. The van der Waals surface area contributed by atoms with E-state index in [0.717, 1.165) is 21.9 Å². The van der Waals surface area contributed by atoms with Gasteiger partial charge in [-0.15, -0.1) is 0 Å². The number of benzene rings is 1. The lowest BCUT2D eigenvalue weighted by Gasteiger charge is -1.95. The zero-order valence-corrected chi connectivity index (χ0v) is 7.94. The Bertz CT molecular complexity index is 630. The van der Waals surface area contributed by atoms with Crippen LogP contribution in [0.15, 0.2) is 30.5 Å². The molecule has 1 aromatic carbocycles. The number of hydrogen-bond donors (Lipinski definition) is 2. The van der Waals surface area contributed by atoms with Gasteiger partial charge < -0.3 is 10.1 Å². The predicted molar refractivity (Wildman–Crippen MR) is 57.3 cm³/mol. The van der Waals surface area contributed by atoms with Crippen LogP contribution in [0, 0.1) is 0 Å². The first-order valence-corrected chi connectivity index (χ1v) is 4.71. The average molecular weight is 199 g/mol. The molecule has 0 unspecified atom stereocenters. The molecule has 0 spiro atoms. The smallest absolute Gasteiger partial charge is 0.133 e. The Morgan fingerprint density at radius 3 is 3.00 bits per heavy atom. The second-order valence-corrected chi connectivity index (χ2v) is 3.38. The van der Waals surface area contributed by atoms with Gasteiger partial charge in [0.25, 0.3) is 0 Å². The molecule has 4 nitrogen and oxygen atoms in total. The monoisotopic (exact) mass is 199 g/mol. The summed E-state index contributed by atoms with van der Waals surface area (Å²) >= 11 is 0. The van der Waals surface area contributed by atoms with Crippen LogP contribution in [0.2, 0.25) is 0 Å². The highest BCUT2D eigenvalue weighted by Gasteiger charge is 2.05. The first-order chi connectivity index (χ1) is 7.38. The number of para-hydroxylation sites is 1. The minimum absolute atomic E-state index is 0.0804. The lowest BCUT2D eigenvalue weighted by Crippen LogP contribution is -1.83. The summed E-state index contributed by atoms with van der Waals surface area (Å²) in [5.74, 6) is 0.572.